The quantitative estimate of drug-likeness (QED) is 0.368. The molecule has 0 aliphatic rings. The first-order valence-corrected chi connectivity index (χ1v) is 11.0. The van der Waals surface area contributed by atoms with Gasteiger partial charge in [-0.15, -0.1) is 0 Å². The monoisotopic (exact) mass is 471 g/mol. The number of para-hydroxylation sites is 1. The number of rotatable bonds is 6. The van der Waals surface area contributed by atoms with E-state index in [0.29, 0.717) is 0 Å². The summed E-state index contributed by atoms with van der Waals surface area (Å²) in [7, 11) is 0. The van der Waals surface area contributed by atoms with E-state index >= 15 is 0 Å². The van der Waals surface area contributed by atoms with E-state index in [1.165, 1.54) is 0 Å². The molecule has 0 saturated carbocycles. The number of carbonyl (C=O) groups excluding carboxylic acids is 1. The predicted octanol–water partition coefficient (Wildman–Crippen LogP) is 5.50. The van der Waals surface area contributed by atoms with Crippen LogP contribution in [0, 0.1) is 13.8 Å². The molecule has 0 unspecified atom stereocenters. The van der Waals surface area contributed by atoms with Gasteiger partial charge in [0, 0.05) is 29.1 Å². The van der Waals surface area contributed by atoms with Gasteiger partial charge in [-0.1, -0.05) is 25.1 Å². The maximum absolute atomic E-state index is 12.9. The van der Waals surface area contributed by atoms with Gasteiger partial charge in [0.2, 0.25) is 5.96 Å². The highest BCUT2D eigenvalue weighted by Crippen LogP contribution is 2.29. The molecule has 1 amide bonds. The van der Waals surface area contributed by atoms with Crippen molar-refractivity contribution in [2.75, 3.05) is 5.32 Å². The second-order valence-electron chi connectivity index (χ2n) is 7.79. The van der Waals surface area contributed by atoms with E-state index in [1.54, 1.807) is 0 Å². The molecule has 2 N–H and O–H groups in total. The van der Waals surface area contributed by atoms with E-state index in [1.807, 2.05) is 56.6 Å². The molecule has 1 aromatic heterocycles. The number of alkyl halides is 3. The molecule has 0 aliphatic heterocycles. The fourth-order valence-electron chi connectivity index (χ4n) is 3.61. The summed E-state index contributed by atoms with van der Waals surface area (Å²) in [6.45, 7) is 8.91. The Kier molecular flexibility index (Phi) is 7.75. The van der Waals surface area contributed by atoms with Crippen LogP contribution in [0.25, 0.3) is 0 Å². The van der Waals surface area contributed by atoms with Crippen LogP contribution in [-0.4, -0.2) is 21.6 Å². The van der Waals surface area contributed by atoms with E-state index < -0.39 is 17.6 Å². The van der Waals surface area contributed by atoms with Crippen LogP contribution in [0.15, 0.2) is 53.5 Å². The van der Waals surface area contributed by atoms with Crippen molar-refractivity contribution in [1.82, 2.24) is 15.1 Å². The third kappa shape index (κ3) is 5.84. The molecule has 3 rings (SSSR count). The van der Waals surface area contributed by atoms with Gasteiger partial charge >= 0.3 is 6.18 Å². The van der Waals surface area contributed by atoms with Crippen LogP contribution in [-0.2, 0) is 25.7 Å². The Bertz CT molecular complexity index is 1180. The molecule has 6 nitrogen and oxygen atoms in total. The molecule has 0 atom stereocenters. The molecule has 0 saturated heterocycles. The lowest BCUT2D eigenvalue weighted by Crippen LogP contribution is -2.36. The van der Waals surface area contributed by atoms with E-state index in [-0.39, 0.29) is 18.1 Å². The van der Waals surface area contributed by atoms with Crippen LogP contribution in [0.3, 0.4) is 0 Å². The number of aliphatic imine (C=N–C) groups is 1. The number of anilines is 1. The Hall–Kier alpha value is -3.62. The first-order chi connectivity index (χ1) is 16.1. The minimum absolute atomic E-state index is 0.0949. The van der Waals surface area contributed by atoms with Crippen molar-refractivity contribution in [2.24, 2.45) is 4.99 Å². The average Bonchev–Trinajstić information content (AvgIpc) is 3.09. The van der Waals surface area contributed by atoms with Gasteiger partial charge in [-0.05, 0) is 63.1 Å². The molecular formula is C25H28F3N5O. The molecule has 9 heteroatoms. The van der Waals surface area contributed by atoms with Crippen molar-refractivity contribution >= 4 is 17.6 Å². The normalized spacial score (nSPS) is 12.0. The second-order valence-corrected chi connectivity index (χ2v) is 7.79. The smallest absolute Gasteiger partial charge is 0.326 e. The SMILES string of the molecule is CCc1ccccc1NC(=NCc1c(C)nn(CC)c1C)NC(=O)c1ccc(C(F)(F)F)cc1. The zero-order valence-corrected chi connectivity index (χ0v) is 19.6. The molecule has 0 spiro atoms. The Morgan fingerprint density at radius 2 is 1.74 bits per heavy atom. The number of carbonyl (C=O) groups is 1. The molecule has 2 aromatic carbocycles. The number of halogens is 3. The van der Waals surface area contributed by atoms with E-state index in [9.17, 15) is 18.0 Å². The predicted molar refractivity (Wildman–Crippen MR) is 127 cm³/mol. The van der Waals surface area contributed by atoms with Gasteiger partial charge in [-0.3, -0.25) is 14.8 Å². The number of nitrogens with zero attached hydrogens (tertiary/aromatic N) is 3. The topological polar surface area (TPSA) is 71.3 Å². The number of aromatic nitrogens is 2. The molecule has 0 fully saturated rings. The van der Waals surface area contributed by atoms with Crippen LogP contribution >= 0.6 is 0 Å². The average molecular weight is 472 g/mol. The van der Waals surface area contributed by atoms with Gasteiger partial charge in [-0.25, -0.2) is 4.99 Å². The minimum Gasteiger partial charge on any atom is -0.326 e. The lowest BCUT2D eigenvalue weighted by Gasteiger charge is -2.15. The lowest BCUT2D eigenvalue weighted by molar-refractivity contribution is -0.137. The highest BCUT2D eigenvalue weighted by atomic mass is 19.4. The Labute approximate surface area is 196 Å². The Morgan fingerprint density at radius 3 is 2.32 bits per heavy atom. The second kappa shape index (κ2) is 10.5. The maximum Gasteiger partial charge on any atom is 0.416 e. The molecule has 1 heterocycles. The van der Waals surface area contributed by atoms with Gasteiger partial charge in [0.05, 0.1) is 17.8 Å². The van der Waals surface area contributed by atoms with Crippen LogP contribution < -0.4 is 10.6 Å². The van der Waals surface area contributed by atoms with Crippen molar-refractivity contribution in [1.29, 1.82) is 0 Å². The van der Waals surface area contributed by atoms with Gasteiger partial charge in [0.25, 0.3) is 5.91 Å². The summed E-state index contributed by atoms with van der Waals surface area (Å²) in [5.41, 5.74) is 3.90. The van der Waals surface area contributed by atoms with Crippen LogP contribution in [0.1, 0.15) is 52.3 Å². The first-order valence-electron chi connectivity index (χ1n) is 11.0. The van der Waals surface area contributed by atoms with Crippen molar-refractivity contribution in [2.45, 2.75) is 53.4 Å². The third-order valence-corrected chi connectivity index (χ3v) is 5.58. The summed E-state index contributed by atoms with van der Waals surface area (Å²) in [6, 6.07) is 11.7. The van der Waals surface area contributed by atoms with Crippen molar-refractivity contribution in [3.63, 3.8) is 0 Å². The molecule has 0 radical (unpaired) electrons. The number of aryl methyl sites for hydroxylation is 3. The van der Waals surface area contributed by atoms with Crippen LogP contribution in [0.2, 0.25) is 0 Å². The van der Waals surface area contributed by atoms with Crippen molar-refractivity contribution in [3.05, 3.63) is 82.2 Å². The summed E-state index contributed by atoms with van der Waals surface area (Å²) in [4.78, 5) is 17.4. The Balaban J connectivity index is 1.89. The van der Waals surface area contributed by atoms with Crippen molar-refractivity contribution in [3.8, 4) is 0 Å². The van der Waals surface area contributed by atoms with E-state index in [2.05, 4.69) is 20.7 Å². The largest absolute Gasteiger partial charge is 0.416 e. The fourth-order valence-corrected chi connectivity index (χ4v) is 3.61. The van der Waals surface area contributed by atoms with Gasteiger partial charge < -0.3 is 5.32 Å². The maximum atomic E-state index is 12.9. The molecule has 3 aromatic rings. The summed E-state index contributed by atoms with van der Waals surface area (Å²) in [5, 5.41) is 10.4. The number of nitrogens with one attached hydrogen (secondary N) is 2. The Morgan fingerprint density at radius 1 is 1.06 bits per heavy atom. The third-order valence-electron chi connectivity index (χ3n) is 5.58. The molecule has 180 valence electrons. The zero-order chi connectivity index (χ0) is 24.9. The summed E-state index contributed by atoms with van der Waals surface area (Å²) in [6.07, 6.45) is -3.70. The van der Waals surface area contributed by atoms with Crippen LogP contribution in [0.5, 0.6) is 0 Å². The number of guanidine groups is 1. The zero-order valence-electron chi connectivity index (χ0n) is 19.6. The highest BCUT2D eigenvalue weighted by molar-refractivity contribution is 6.10. The summed E-state index contributed by atoms with van der Waals surface area (Å²) >= 11 is 0. The van der Waals surface area contributed by atoms with E-state index in [0.717, 1.165) is 65.4 Å². The number of amides is 1. The van der Waals surface area contributed by atoms with Crippen LogP contribution in [0.4, 0.5) is 18.9 Å². The number of benzene rings is 2. The number of hydrogen-bond donors (Lipinski definition) is 2. The highest BCUT2D eigenvalue weighted by Gasteiger charge is 2.30. The lowest BCUT2D eigenvalue weighted by atomic mass is 10.1. The molecule has 0 bridgehead atoms. The van der Waals surface area contributed by atoms with E-state index in [4.69, 9.17) is 0 Å². The summed E-state index contributed by atoms with van der Waals surface area (Å²) < 4.78 is 40.5. The standard InChI is InChI=1S/C25H28F3N5O/c1-5-18-9-7-8-10-22(18)30-24(29-15-21-16(3)32-33(6-2)17(21)4)31-23(34)19-11-13-20(14-12-19)25(26,27)28/h7-14H,5-6,15H2,1-4H3,(H2,29,30,31,34). The van der Waals surface area contributed by atoms with Gasteiger partial charge in [0.1, 0.15) is 0 Å². The van der Waals surface area contributed by atoms with Gasteiger partial charge in [-0.2, -0.15) is 18.3 Å². The molecule has 34 heavy (non-hydrogen) atoms. The molecular weight excluding hydrogens is 443 g/mol. The van der Waals surface area contributed by atoms with Crippen molar-refractivity contribution < 1.29 is 18.0 Å². The number of hydrogen-bond acceptors (Lipinski definition) is 3. The molecule has 0 aliphatic carbocycles. The first kappa shape index (κ1) is 25.0. The fraction of sp³-hybridized carbons (Fsp3) is 0.320. The summed E-state index contributed by atoms with van der Waals surface area (Å²) in [5.74, 6) is -0.361. The van der Waals surface area contributed by atoms with Gasteiger partial charge in [0.15, 0.2) is 0 Å². The minimum atomic E-state index is -4.47.